The van der Waals surface area contributed by atoms with Gasteiger partial charge < -0.3 is 30.0 Å². The van der Waals surface area contributed by atoms with Crippen molar-refractivity contribution in [3.63, 3.8) is 0 Å². The molecule has 3 rings (SSSR count). The number of carboxylic acids is 1. The number of carbonyl (C=O) groups is 4. The number of esters is 1. The molecule has 1 aliphatic carbocycles. The summed E-state index contributed by atoms with van der Waals surface area (Å²) >= 11 is 0.899. The van der Waals surface area contributed by atoms with Crippen molar-refractivity contribution >= 4 is 35.9 Å². The molecule has 2 atom stereocenters. The van der Waals surface area contributed by atoms with Crippen LogP contribution in [0.15, 0.2) is 73.8 Å². The highest BCUT2D eigenvalue weighted by atomic mass is 32.2. The van der Waals surface area contributed by atoms with Crippen LogP contribution in [0.3, 0.4) is 0 Å². The van der Waals surface area contributed by atoms with Crippen LogP contribution in [-0.4, -0.2) is 72.6 Å². The zero-order valence-corrected chi connectivity index (χ0v) is 22.0. The van der Waals surface area contributed by atoms with Crippen LogP contribution < -0.4 is 10.6 Å². The van der Waals surface area contributed by atoms with Crippen molar-refractivity contribution in [3.05, 3.63) is 85.0 Å². The minimum Gasteiger partial charge on any atom is -0.480 e. The summed E-state index contributed by atoms with van der Waals surface area (Å²) < 4.78 is 15.3. The Morgan fingerprint density at radius 1 is 0.897 bits per heavy atom. The number of alkyl carbamates (subject to hydrolysis) is 2. The van der Waals surface area contributed by atoms with E-state index in [-0.39, 0.29) is 38.0 Å². The third-order valence-corrected chi connectivity index (χ3v) is 7.06. The summed E-state index contributed by atoms with van der Waals surface area (Å²) in [7, 11) is 0. The lowest BCUT2D eigenvalue weighted by atomic mass is 9.98. The van der Waals surface area contributed by atoms with E-state index in [9.17, 15) is 24.3 Å². The third-order valence-electron chi connectivity index (χ3n) is 5.77. The highest BCUT2D eigenvalue weighted by Crippen LogP contribution is 2.44. The summed E-state index contributed by atoms with van der Waals surface area (Å²) in [6.45, 7) is 6.68. The van der Waals surface area contributed by atoms with Gasteiger partial charge in [0.15, 0.2) is 0 Å². The van der Waals surface area contributed by atoms with Crippen molar-refractivity contribution in [2.75, 3.05) is 32.1 Å². The van der Waals surface area contributed by atoms with Crippen molar-refractivity contribution in [1.82, 2.24) is 10.6 Å². The highest BCUT2D eigenvalue weighted by molar-refractivity contribution is 8.00. The molecule has 2 aromatic carbocycles. The summed E-state index contributed by atoms with van der Waals surface area (Å²) in [5, 5.41) is 13.5. The number of carboxylic acid groups (broad SMARTS) is 1. The van der Waals surface area contributed by atoms with Gasteiger partial charge in [0, 0.05) is 18.2 Å². The molecule has 0 aliphatic heterocycles. The largest absolute Gasteiger partial charge is 0.480 e. The lowest BCUT2D eigenvalue weighted by Gasteiger charge is -2.20. The standard InChI is InChI=1S/C28H30N2O8S/c1-3-13-36-26(33)24(15-29-27(34)37-14-4-2)39-17-23(25(31)32)30-28(35)38-16-22-20-11-7-5-9-18(20)19-10-6-8-12-21(19)22/h3-12,22-24H,1-2,13-17H2,(H,29,34)(H,30,35)(H,31,32)/t23-,24?/m0/s1. The molecule has 11 heteroatoms. The average Bonchev–Trinajstić information content (AvgIpc) is 3.26. The number of benzene rings is 2. The molecule has 0 saturated carbocycles. The molecule has 0 aromatic heterocycles. The zero-order valence-electron chi connectivity index (χ0n) is 21.2. The van der Waals surface area contributed by atoms with Gasteiger partial charge in [-0.05, 0) is 22.3 Å². The Balaban J connectivity index is 1.58. The summed E-state index contributed by atoms with van der Waals surface area (Å²) in [5.74, 6) is -2.38. The number of hydrogen-bond donors (Lipinski definition) is 3. The minimum absolute atomic E-state index is 0.0182. The molecular weight excluding hydrogens is 524 g/mol. The van der Waals surface area contributed by atoms with Crippen molar-refractivity contribution in [3.8, 4) is 11.1 Å². The molecule has 0 saturated heterocycles. The molecule has 39 heavy (non-hydrogen) atoms. The van der Waals surface area contributed by atoms with Crippen LogP contribution in [0.4, 0.5) is 9.59 Å². The molecule has 2 amide bonds. The number of fused-ring (bicyclic) bond motifs is 3. The summed E-state index contributed by atoms with van der Waals surface area (Å²) in [5.41, 5.74) is 4.19. The number of aliphatic carboxylic acids is 1. The normalized spacial score (nSPS) is 13.1. The second-order valence-electron chi connectivity index (χ2n) is 8.37. The van der Waals surface area contributed by atoms with E-state index >= 15 is 0 Å². The molecule has 0 fully saturated rings. The molecule has 0 spiro atoms. The van der Waals surface area contributed by atoms with Gasteiger partial charge in [0.05, 0.1) is 0 Å². The quantitative estimate of drug-likeness (QED) is 0.181. The van der Waals surface area contributed by atoms with E-state index in [0.29, 0.717) is 0 Å². The summed E-state index contributed by atoms with van der Waals surface area (Å²) in [4.78, 5) is 48.6. The number of thioether (sulfide) groups is 1. The van der Waals surface area contributed by atoms with Crippen LogP contribution in [0.25, 0.3) is 11.1 Å². The van der Waals surface area contributed by atoms with Crippen LogP contribution in [0, 0.1) is 0 Å². The Labute approximate surface area is 230 Å². The topological polar surface area (TPSA) is 140 Å². The first-order chi connectivity index (χ1) is 18.8. The van der Waals surface area contributed by atoms with Gasteiger partial charge in [-0.1, -0.05) is 73.8 Å². The van der Waals surface area contributed by atoms with Crippen molar-refractivity contribution in [2.45, 2.75) is 17.2 Å². The zero-order chi connectivity index (χ0) is 28.2. The first-order valence-corrected chi connectivity index (χ1v) is 13.2. The number of hydrogen-bond acceptors (Lipinski definition) is 8. The number of ether oxygens (including phenoxy) is 3. The lowest BCUT2D eigenvalue weighted by molar-refractivity contribution is -0.142. The van der Waals surface area contributed by atoms with Crippen LogP contribution >= 0.6 is 11.8 Å². The second kappa shape index (κ2) is 14.6. The van der Waals surface area contributed by atoms with Crippen LogP contribution in [0.1, 0.15) is 17.0 Å². The predicted octanol–water partition coefficient (Wildman–Crippen LogP) is 3.72. The van der Waals surface area contributed by atoms with Crippen molar-refractivity contribution < 1.29 is 38.5 Å². The Bertz CT molecular complexity index is 1170. The Morgan fingerprint density at radius 2 is 1.49 bits per heavy atom. The second-order valence-corrected chi connectivity index (χ2v) is 9.61. The number of rotatable bonds is 14. The fourth-order valence-corrected chi connectivity index (χ4v) is 5.03. The van der Waals surface area contributed by atoms with E-state index in [1.807, 2.05) is 48.5 Å². The van der Waals surface area contributed by atoms with Gasteiger partial charge in [-0.25, -0.2) is 14.4 Å². The Hall–Kier alpha value is -4.25. The molecule has 0 heterocycles. The molecular formula is C28H30N2O8S. The number of nitrogens with one attached hydrogen (secondary N) is 2. The Morgan fingerprint density at radius 3 is 2.08 bits per heavy atom. The highest BCUT2D eigenvalue weighted by Gasteiger charge is 2.31. The van der Waals surface area contributed by atoms with Crippen molar-refractivity contribution in [1.29, 1.82) is 0 Å². The maximum Gasteiger partial charge on any atom is 0.407 e. The van der Waals surface area contributed by atoms with E-state index in [0.717, 1.165) is 34.0 Å². The third kappa shape index (κ3) is 8.11. The van der Waals surface area contributed by atoms with Crippen LogP contribution in [0.5, 0.6) is 0 Å². The molecule has 2 aromatic rings. The van der Waals surface area contributed by atoms with E-state index in [2.05, 4.69) is 23.8 Å². The van der Waals surface area contributed by atoms with E-state index < -0.39 is 35.4 Å². The molecule has 10 nitrogen and oxygen atoms in total. The maximum atomic E-state index is 12.6. The van der Waals surface area contributed by atoms with E-state index in [4.69, 9.17) is 14.2 Å². The van der Waals surface area contributed by atoms with E-state index in [1.54, 1.807) is 0 Å². The predicted molar refractivity (Wildman–Crippen MR) is 147 cm³/mol. The summed E-state index contributed by atoms with van der Waals surface area (Å²) in [6.07, 6.45) is 1.09. The fraction of sp³-hybridized carbons (Fsp3) is 0.286. The maximum absolute atomic E-state index is 12.6. The smallest absolute Gasteiger partial charge is 0.407 e. The molecule has 1 unspecified atom stereocenters. The lowest BCUT2D eigenvalue weighted by Crippen LogP contribution is -2.44. The average molecular weight is 555 g/mol. The summed E-state index contributed by atoms with van der Waals surface area (Å²) in [6, 6.07) is 14.3. The Kier molecular flexibility index (Phi) is 11.0. The number of amides is 2. The van der Waals surface area contributed by atoms with Gasteiger partial charge in [-0.2, -0.15) is 0 Å². The monoisotopic (exact) mass is 554 g/mol. The van der Waals surface area contributed by atoms with Gasteiger partial charge >= 0.3 is 24.1 Å². The van der Waals surface area contributed by atoms with Gasteiger partial charge in [-0.3, -0.25) is 4.79 Å². The molecule has 1 aliphatic rings. The van der Waals surface area contributed by atoms with Gasteiger partial charge in [0.1, 0.15) is 31.1 Å². The molecule has 3 N–H and O–H groups in total. The van der Waals surface area contributed by atoms with Gasteiger partial charge in [-0.15, -0.1) is 11.8 Å². The molecule has 0 bridgehead atoms. The fourth-order valence-electron chi connectivity index (χ4n) is 3.98. The molecule has 206 valence electrons. The SMILES string of the molecule is C=CCOC(=O)NCC(SC[C@H](NC(=O)OCC1c2ccccc2-c2ccccc21)C(=O)O)C(=O)OCC=C. The van der Waals surface area contributed by atoms with Crippen LogP contribution in [0.2, 0.25) is 0 Å². The van der Waals surface area contributed by atoms with Gasteiger partial charge in [0.2, 0.25) is 0 Å². The molecule has 0 radical (unpaired) electrons. The first-order valence-electron chi connectivity index (χ1n) is 12.1. The van der Waals surface area contributed by atoms with Crippen LogP contribution in [-0.2, 0) is 23.8 Å². The minimum atomic E-state index is -1.37. The first kappa shape index (κ1) is 29.3. The van der Waals surface area contributed by atoms with Gasteiger partial charge in [0.25, 0.3) is 0 Å². The van der Waals surface area contributed by atoms with Crippen molar-refractivity contribution in [2.24, 2.45) is 0 Å². The van der Waals surface area contributed by atoms with E-state index in [1.165, 1.54) is 12.2 Å². The number of carbonyl (C=O) groups excluding carboxylic acids is 3.